The molecule has 1 saturated carbocycles. The summed E-state index contributed by atoms with van der Waals surface area (Å²) in [6.07, 6.45) is 5.53. The van der Waals surface area contributed by atoms with Crippen molar-refractivity contribution in [3.63, 3.8) is 0 Å². The largest absolute Gasteiger partial charge is 1.00 e. The van der Waals surface area contributed by atoms with Crippen molar-refractivity contribution < 1.29 is 67.5 Å². The van der Waals surface area contributed by atoms with Gasteiger partial charge in [-0.15, -0.1) is 0 Å². The molecule has 1 amide bonds. The van der Waals surface area contributed by atoms with Gasteiger partial charge in [-0.25, -0.2) is 0 Å². The van der Waals surface area contributed by atoms with E-state index in [1.165, 1.54) is 25.7 Å². The predicted octanol–water partition coefficient (Wildman–Crippen LogP) is 0.0851. The fraction of sp³-hybridized carbons (Fsp3) is 0.579. The first-order valence-corrected chi connectivity index (χ1v) is 8.68. The predicted molar refractivity (Wildman–Crippen MR) is 89.0 cm³/mol. The van der Waals surface area contributed by atoms with Crippen LogP contribution >= 0.6 is 0 Å². The molecule has 1 aromatic carbocycles. The first-order chi connectivity index (χ1) is 11.1. The molecular formula is C19H26KNO3. The Morgan fingerprint density at radius 1 is 1.12 bits per heavy atom. The normalized spacial score (nSPS) is 23.9. The first kappa shape index (κ1) is 20.1. The van der Waals surface area contributed by atoms with Crippen LogP contribution in [0.4, 0.5) is 0 Å². The smallest absolute Gasteiger partial charge is 1.00 e. The minimum absolute atomic E-state index is 0. The number of carboxylic acid groups (broad SMARTS) is 1. The summed E-state index contributed by atoms with van der Waals surface area (Å²) in [4.78, 5) is 26.0. The molecule has 5 heteroatoms. The van der Waals surface area contributed by atoms with E-state index in [1.54, 1.807) is 0 Å². The Hall–Kier alpha value is -0.204. The van der Waals surface area contributed by atoms with Gasteiger partial charge in [-0.2, -0.15) is 0 Å². The van der Waals surface area contributed by atoms with E-state index < -0.39 is 11.9 Å². The summed E-state index contributed by atoms with van der Waals surface area (Å²) < 4.78 is 0. The molecule has 0 spiro atoms. The summed E-state index contributed by atoms with van der Waals surface area (Å²) >= 11 is 0. The number of carbonyl (C=O) groups excluding carboxylic acids is 1. The van der Waals surface area contributed by atoms with Gasteiger partial charge in [-0.05, 0) is 36.7 Å². The Bertz CT molecular complexity index is 555. The molecule has 2 fully saturated rings. The molecule has 2 aliphatic rings. The molecule has 3 rings (SSSR count). The summed E-state index contributed by atoms with van der Waals surface area (Å²) in [5, 5.41) is 9.46. The van der Waals surface area contributed by atoms with Crippen molar-refractivity contribution in [2.75, 3.05) is 13.1 Å². The number of amides is 1. The Morgan fingerprint density at radius 2 is 1.71 bits per heavy atom. The van der Waals surface area contributed by atoms with Crippen molar-refractivity contribution in [1.82, 2.24) is 4.90 Å². The number of benzene rings is 1. The van der Waals surface area contributed by atoms with Crippen molar-refractivity contribution in [3.8, 4) is 0 Å². The molecule has 4 nitrogen and oxygen atoms in total. The molecule has 0 unspecified atom stereocenters. The van der Waals surface area contributed by atoms with Gasteiger partial charge in [0.1, 0.15) is 0 Å². The maximum Gasteiger partial charge on any atom is 1.00 e. The number of aliphatic carboxylic acids is 1. The van der Waals surface area contributed by atoms with Gasteiger partial charge >= 0.3 is 57.4 Å². The van der Waals surface area contributed by atoms with Crippen molar-refractivity contribution in [2.45, 2.75) is 38.5 Å². The minimum Gasteiger partial charge on any atom is -1.00 e. The second kappa shape index (κ2) is 9.48. The van der Waals surface area contributed by atoms with Crippen LogP contribution in [0, 0.1) is 17.8 Å². The van der Waals surface area contributed by atoms with E-state index in [9.17, 15) is 14.7 Å². The van der Waals surface area contributed by atoms with Crippen molar-refractivity contribution >= 4 is 11.9 Å². The zero-order valence-corrected chi connectivity index (χ0v) is 17.6. The fourth-order valence-electron chi connectivity index (χ4n) is 4.09. The first-order valence-electron chi connectivity index (χ1n) is 8.68. The Morgan fingerprint density at radius 3 is 2.25 bits per heavy atom. The van der Waals surface area contributed by atoms with Gasteiger partial charge in [0.05, 0.1) is 5.92 Å². The van der Waals surface area contributed by atoms with Gasteiger partial charge in [0.2, 0.25) is 5.91 Å². The van der Waals surface area contributed by atoms with E-state index in [2.05, 4.69) is 0 Å². The maximum atomic E-state index is 12.6. The minimum atomic E-state index is -0.876. The van der Waals surface area contributed by atoms with E-state index in [0.717, 1.165) is 18.7 Å². The van der Waals surface area contributed by atoms with E-state index in [1.807, 2.05) is 35.2 Å². The van der Waals surface area contributed by atoms with Crippen LogP contribution in [-0.4, -0.2) is 35.0 Å². The van der Waals surface area contributed by atoms with E-state index in [-0.39, 0.29) is 65.1 Å². The van der Waals surface area contributed by atoms with Crippen LogP contribution in [0.2, 0.25) is 0 Å². The second-order valence-electron chi connectivity index (χ2n) is 7.03. The molecule has 0 bridgehead atoms. The van der Waals surface area contributed by atoms with Crippen LogP contribution in [0.15, 0.2) is 30.3 Å². The molecule has 1 N–H and O–H groups in total. The number of likely N-dealkylation sites (tertiary alicyclic amines) is 1. The van der Waals surface area contributed by atoms with Crippen LogP contribution in [0.5, 0.6) is 0 Å². The number of fused-ring (bicyclic) bond motifs is 1. The van der Waals surface area contributed by atoms with E-state index >= 15 is 0 Å². The van der Waals surface area contributed by atoms with Crippen molar-refractivity contribution in [3.05, 3.63) is 35.9 Å². The van der Waals surface area contributed by atoms with Gasteiger partial charge in [0, 0.05) is 19.5 Å². The number of hydrogen-bond donors (Lipinski definition) is 1. The molecule has 1 aliphatic heterocycles. The quantitative estimate of drug-likeness (QED) is 0.762. The molecule has 1 aliphatic carbocycles. The molecule has 3 atom stereocenters. The molecule has 0 radical (unpaired) electrons. The van der Waals surface area contributed by atoms with Crippen LogP contribution < -0.4 is 51.4 Å². The molecule has 1 saturated heterocycles. The zero-order chi connectivity index (χ0) is 16.2. The molecule has 1 aromatic rings. The van der Waals surface area contributed by atoms with E-state index in [4.69, 9.17) is 0 Å². The van der Waals surface area contributed by atoms with E-state index in [0.29, 0.717) is 18.3 Å². The molecule has 24 heavy (non-hydrogen) atoms. The summed E-state index contributed by atoms with van der Waals surface area (Å²) in [6.45, 7) is 1.67. The van der Waals surface area contributed by atoms with Crippen molar-refractivity contribution in [1.29, 1.82) is 0 Å². The van der Waals surface area contributed by atoms with Gasteiger partial charge in [0.25, 0.3) is 0 Å². The standard InChI is InChI=1S/C19H25NO3.K.H/c21-18(20-12-15-8-4-5-9-16(15)13-20)11-17(19(22)23)10-14-6-2-1-3-7-14;;/h1-3,6-7,15-17H,4-5,8-13H2,(H,22,23);;/q;+1;-1/t15-,16+,17-;;/m0../s1. The Labute approximate surface area is 187 Å². The monoisotopic (exact) mass is 355 g/mol. The van der Waals surface area contributed by atoms with Gasteiger partial charge in [-0.3, -0.25) is 9.59 Å². The molecule has 1 heterocycles. The third-order valence-corrected chi connectivity index (χ3v) is 5.42. The Kier molecular flexibility index (Phi) is 7.95. The second-order valence-corrected chi connectivity index (χ2v) is 7.03. The molecular weight excluding hydrogens is 329 g/mol. The van der Waals surface area contributed by atoms with Crippen LogP contribution in [0.25, 0.3) is 0 Å². The summed E-state index contributed by atoms with van der Waals surface area (Å²) in [6, 6.07) is 9.56. The third kappa shape index (κ3) is 5.15. The van der Waals surface area contributed by atoms with Gasteiger partial charge in [0.15, 0.2) is 0 Å². The van der Waals surface area contributed by atoms with Crippen LogP contribution in [-0.2, 0) is 16.0 Å². The fourth-order valence-corrected chi connectivity index (χ4v) is 4.09. The summed E-state index contributed by atoms with van der Waals surface area (Å²) in [5.41, 5.74) is 0.975. The topological polar surface area (TPSA) is 57.6 Å². The molecule has 126 valence electrons. The average Bonchev–Trinajstić information content (AvgIpc) is 2.99. The van der Waals surface area contributed by atoms with Crippen molar-refractivity contribution in [2.24, 2.45) is 17.8 Å². The van der Waals surface area contributed by atoms with Gasteiger partial charge < -0.3 is 11.4 Å². The maximum absolute atomic E-state index is 12.6. The number of carboxylic acids is 1. The number of nitrogens with zero attached hydrogens (tertiary/aromatic N) is 1. The summed E-state index contributed by atoms with van der Waals surface area (Å²) in [5.74, 6) is -0.204. The van der Waals surface area contributed by atoms with Crippen LogP contribution in [0.1, 0.15) is 39.1 Å². The third-order valence-electron chi connectivity index (χ3n) is 5.42. The van der Waals surface area contributed by atoms with Gasteiger partial charge in [-0.1, -0.05) is 43.2 Å². The number of rotatable bonds is 5. The van der Waals surface area contributed by atoms with Crippen LogP contribution in [0.3, 0.4) is 0 Å². The SMILES string of the molecule is O=C(O)[C@H](CC(=O)N1C[C@H]2CCCC[C@H]2C1)Cc1ccccc1.[H-].[K+]. The Balaban J connectivity index is 0.00000156. The zero-order valence-electron chi connectivity index (χ0n) is 15.5. The summed E-state index contributed by atoms with van der Waals surface area (Å²) in [7, 11) is 0. The number of hydrogen-bond acceptors (Lipinski definition) is 2. The molecule has 0 aromatic heterocycles. The number of carbonyl (C=O) groups is 2. The average molecular weight is 356 g/mol.